The summed E-state index contributed by atoms with van der Waals surface area (Å²) in [5.74, 6) is 1.41. The van der Waals surface area contributed by atoms with Crippen LogP contribution < -0.4 is 14.8 Å². The van der Waals surface area contributed by atoms with Gasteiger partial charge in [0, 0.05) is 16.3 Å². The molecule has 0 atom stereocenters. The highest BCUT2D eigenvalue weighted by Gasteiger charge is 2.52. The zero-order chi connectivity index (χ0) is 20.0. The molecule has 1 saturated carbocycles. The number of rotatable bonds is 5. The lowest BCUT2D eigenvalue weighted by molar-refractivity contribution is -0.118. The van der Waals surface area contributed by atoms with E-state index in [9.17, 15) is 4.79 Å². The Bertz CT molecular complexity index is 1110. The number of nitrogens with one attached hydrogen (secondary N) is 1. The summed E-state index contributed by atoms with van der Waals surface area (Å²) in [5.41, 5.74) is 2.42. The Morgan fingerprint density at radius 2 is 2.00 bits per heavy atom. The fourth-order valence-electron chi connectivity index (χ4n) is 3.64. The number of aryl methyl sites for hydroxylation is 1. The lowest BCUT2D eigenvalue weighted by Crippen LogP contribution is -2.27. The second kappa shape index (κ2) is 7.04. The van der Waals surface area contributed by atoms with Gasteiger partial charge in [0.1, 0.15) is 0 Å². The minimum absolute atomic E-state index is 0.0191. The average molecular weight is 427 g/mol. The number of carbonyl (C=O) groups excluding carboxylic acids is 1. The molecule has 3 aromatic rings. The topological polar surface area (TPSA) is 60.5 Å². The molecular weight excluding hydrogens is 408 g/mol. The van der Waals surface area contributed by atoms with Crippen LogP contribution in [0.25, 0.3) is 0 Å². The van der Waals surface area contributed by atoms with Crippen LogP contribution in [0.15, 0.2) is 42.5 Å². The van der Waals surface area contributed by atoms with Gasteiger partial charge in [0.15, 0.2) is 16.6 Å². The van der Waals surface area contributed by atoms with E-state index in [1.54, 1.807) is 0 Å². The van der Waals surface area contributed by atoms with Crippen molar-refractivity contribution in [1.82, 2.24) is 4.98 Å². The maximum absolute atomic E-state index is 13.1. The van der Waals surface area contributed by atoms with Crippen LogP contribution in [-0.2, 0) is 16.6 Å². The fraction of sp³-hybridized carbons (Fsp3) is 0.273. The molecule has 2 heterocycles. The van der Waals surface area contributed by atoms with Crippen molar-refractivity contribution >= 4 is 34.0 Å². The summed E-state index contributed by atoms with van der Waals surface area (Å²) in [4.78, 5) is 18.8. The Morgan fingerprint density at radius 3 is 2.79 bits per heavy atom. The van der Waals surface area contributed by atoms with Crippen LogP contribution in [0.2, 0.25) is 5.02 Å². The third kappa shape index (κ3) is 3.36. The van der Waals surface area contributed by atoms with E-state index in [1.165, 1.54) is 11.3 Å². The molecule has 29 heavy (non-hydrogen) atoms. The summed E-state index contributed by atoms with van der Waals surface area (Å²) in [6, 6.07) is 13.5. The van der Waals surface area contributed by atoms with Gasteiger partial charge in [-0.2, -0.15) is 0 Å². The number of nitrogens with zero attached hydrogens (tertiary/aromatic N) is 1. The van der Waals surface area contributed by atoms with Crippen molar-refractivity contribution in [2.24, 2.45) is 0 Å². The van der Waals surface area contributed by atoms with Crippen LogP contribution in [0.4, 0.5) is 5.13 Å². The Balaban J connectivity index is 1.34. The van der Waals surface area contributed by atoms with Crippen LogP contribution >= 0.6 is 22.9 Å². The van der Waals surface area contributed by atoms with Gasteiger partial charge in [-0.25, -0.2) is 4.98 Å². The van der Waals surface area contributed by atoms with Gasteiger partial charge in [-0.15, -0.1) is 11.3 Å². The summed E-state index contributed by atoms with van der Waals surface area (Å²) in [6.45, 7) is 2.19. The van der Waals surface area contributed by atoms with Gasteiger partial charge < -0.3 is 14.8 Å². The molecule has 1 aromatic heterocycles. The van der Waals surface area contributed by atoms with Crippen LogP contribution in [0.1, 0.15) is 34.5 Å². The Morgan fingerprint density at radius 1 is 1.21 bits per heavy atom. The molecule has 7 heteroatoms. The Labute approximate surface area is 177 Å². The molecular formula is C22H19ClN2O3S. The maximum atomic E-state index is 13.1. The van der Waals surface area contributed by atoms with E-state index < -0.39 is 5.41 Å². The minimum atomic E-state index is -0.510. The normalized spacial score (nSPS) is 15.9. The monoisotopic (exact) mass is 426 g/mol. The first-order valence-electron chi connectivity index (χ1n) is 9.46. The summed E-state index contributed by atoms with van der Waals surface area (Å²) in [7, 11) is 0. The Kier molecular flexibility index (Phi) is 4.48. The third-order valence-corrected chi connectivity index (χ3v) is 6.97. The number of hydrogen-bond donors (Lipinski definition) is 1. The molecule has 1 fully saturated rings. The average Bonchev–Trinajstić information content (AvgIpc) is 3.27. The van der Waals surface area contributed by atoms with Crippen molar-refractivity contribution in [2.75, 3.05) is 12.1 Å². The van der Waals surface area contributed by atoms with E-state index in [0.717, 1.165) is 45.3 Å². The number of aromatic nitrogens is 1. The zero-order valence-electron chi connectivity index (χ0n) is 15.8. The smallest absolute Gasteiger partial charge is 0.236 e. The van der Waals surface area contributed by atoms with Crippen LogP contribution in [0.5, 0.6) is 11.5 Å². The van der Waals surface area contributed by atoms with E-state index >= 15 is 0 Å². The van der Waals surface area contributed by atoms with Crippen LogP contribution in [-0.4, -0.2) is 17.7 Å². The number of hydrogen-bond acceptors (Lipinski definition) is 5. The first-order chi connectivity index (χ1) is 14.0. The number of fused-ring (bicyclic) bond motifs is 1. The lowest BCUT2D eigenvalue weighted by atomic mass is 9.94. The van der Waals surface area contributed by atoms with Crippen molar-refractivity contribution < 1.29 is 14.3 Å². The molecule has 2 aromatic carbocycles. The van der Waals surface area contributed by atoms with Gasteiger partial charge in [0.25, 0.3) is 0 Å². The molecule has 0 unspecified atom stereocenters. The van der Waals surface area contributed by atoms with Gasteiger partial charge in [0.2, 0.25) is 12.7 Å². The molecule has 0 spiro atoms. The largest absolute Gasteiger partial charge is 0.454 e. The number of anilines is 1. The highest BCUT2D eigenvalue weighted by Crippen LogP contribution is 2.51. The number of halogens is 1. The van der Waals surface area contributed by atoms with Crippen molar-refractivity contribution in [2.45, 2.75) is 31.6 Å². The molecule has 5 rings (SSSR count). The lowest BCUT2D eigenvalue weighted by Gasteiger charge is -2.15. The summed E-state index contributed by atoms with van der Waals surface area (Å²) < 4.78 is 10.8. The molecule has 1 aliphatic carbocycles. The number of thiazole rings is 1. The number of ether oxygens (including phenoxy) is 2. The maximum Gasteiger partial charge on any atom is 0.236 e. The predicted octanol–water partition coefficient (Wildman–Crippen LogP) is 5.09. The summed E-state index contributed by atoms with van der Waals surface area (Å²) >= 11 is 7.79. The second-order valence-electron chi connectivity index (χ2n) is 7.40. The van der Waals surface area contributed by atoms with Gasteiger partial charge in [-0.05, 0) is 49.1 Å². The zero-order valence-corrected chi connectivity index (χ0v) is 17.4. The molecule has 0 saturated heterocycles. The standard InChI is InChI=1S/C22H19ClN2O3S/c1-13-19(10-14-4-2-3-5-16(14)23)29-21(24-13)25-20(26)22(8-9-22)15-6-7-17-18(11-15)28-12-27-17/h2-7,11H,8-10,12H2,1H3,(H,24,25,26). The molecule has 1 amide bonds. The van der Waals surface area contributed by atoms with Crippen molar-refractivity contribution in [3.8, 4) is 11.5 Å². The minimum Gasteiger partial charge on any atom is -0.454 e. The number of benzene rings is 2. The highest BCUT2D eigenvalue weighted by molar-refractivity contribution is 7.15. The van der Waals surface area contributed by atoms with E-state index in [0.29, 0.717) is 17.3 Å². The molecule has 1 N–H and O–H groups in total. The van der Waals surface area contributed by atoms with E-state index in [-0.39, 0.29) is 12.7 Å². The molecule has 148 valence electrons. The summed E-state index contributed by atoms with van der Waals surface area (Å²) in [5, 5.41) is 4.40. The van der Waals surface area contributed by atoms with Crippen molar-refractivity contribution in [3.05, 3.63) is 69.2 Å². The van der Waals surface area contributed by atoms with Crippen LogP contribution in [0.3, 0.4) is 0 Å². The first kappa shape index (κ1) is 18.5. The van der Waals surface area contributed by atoms with Gasteiger partial charge >= 0.3 is 0 Å². The predicted molar refractivity (Wildman–Crippen MR) is 113 cm³/mol. The quantitative estimate of drug-likeness (QED) is 0.617. The van der Waals surface area contributed by atoms with E-state index in [4.69, 9.17) is 21.1 Å². The molecule has 0 bridgehead atoms. The molecule has 5 nitrogen and oxygen atoms in total. The second-order valence-corrected chi connectivity index (χ2v) is 8.89. The summed E-state index contributed by atoms with van der Waals surface area (Å²) in [6.07, 6.45) is 2.33. The van der Waals surface area contributed by atoms with Crippen molar-refractivity contribution in [1.29, 1.82) is 0 Å². The van der Waals surface area contributed by atoms with E-state index in [1.807, 2.05) is 49.4 Å². The SMILES string of the molecule is Cc1nc(NC(=O)C2(c3ccc4c(c3)OCO4)CC2)sc1Cc1ccccc1Cl. The molecule has 0 radical (unpaired) electrons. The Hall–Kier alpha value is -2.57. The van der Waals surface area contributed by atoms with Gasteiger partial charge in [0.05, 0.1) is 11.1 Å². The third-order valence-electron chi connectivity index (χ3n) is 5.53. The van der Waals surface area contributed by atoms with Gasteiger partial charge in [-0.1, -0.05) is 35.9 Å². The first-order valence-corrected chi connectivity index (χ1v) is 10.7. The van der Waals surface area contributed by atoms with Gasteiger partial charge in [-0.3, -0.25) is 4.79 Å². The van der Waals surface area contributed by atoms with Crippen molar-refractivity contribution in [3.63, 3.8) is 0 Å². The molecule has 1 aliphatic heterocycles. The fourth-order valence-corrected chi connectivity index (χ4v) is 4.83. The number of amides is 1. The van der Waals surface area contributed by atoms with E-state index in [2.05, 4.69) is 10.3 Å². The molecule has 2 aliphatic rings. The highest BCUT2D eigenvalue weighted by atomic mass is 35.5. The van der Waals surface area contributed by atoms with Crippen LogP contribution in [0, 0.1) is 6.92 Å². The number of carbonyl (C=O) groups is 1.